The van der Waals surface area contributed by atoms with E-state index in [4.69, 9.17) is 4.74 Å². The summed E-state index contributed by atoms with van der Waals surface area (Å²) in [7, 11) is 0. The van der Waals surface area contributed by atoms with Crippen LogP contribution >= 0.6 is 0 Å². The van der Waals surface area contributed by atoms with Crippen LogP contribution in [0.25, 0.3) is 21.9 Å². The summed E-state index contributed by atoms with van der Waals surface area (Å²) in [4.78, 5) is 39.5. The summed E-state index contributed by atoms with van der Waals surface area (Å²) < 4.78 is 5.92. The van der Waals surface area contributed by atoms with Gasteiger partial charge in [0.05, 0.1) is 16.6 Å². The number of nitrogens with zero attached hydrogens (tertiary/aromatic N) is 3. The van der Waals surface area contributed by atoms with Gasteiger partial charge in [0.2, 0.25) is 11.3 Å². The number of fused-ring (bicyclic) bond motifs is 2. The molecule has 2 aromatic carbocycles. The predicted octanol–water partition coefficient (Wildman–Crippen LogP) is 4.23. The first-order chi connectivity index (χ1) is 16.1. The Hall–Kier alpha value is -4.00. The Balaban J connectivity index is 1.51. The lowest BCUT2D eigenvalue weighted by atomic mass is 9.92. The van der Waals surface area contributed by atoms with E-state index in [9.17, 15) is 9.59 Å². The molecule has 1 fully saturated rings. The Labute approximate surface area is 190 Å². The van der Waals surface area contributed by atoms with E-state index in [1.165, 1.54) is 12.4 Å². The Bertz CT molecular complexity index is 1400. The minimum Gasteiger partial charge on any atom is -0.457 e. The third-order valence-electron chi connectivity index (χ3n) is 6.11. The lowest BCUT2D eigenvalue weighted by Gasteiger charge is -2.32. The number of carbonyl (C=O) groups is 1. The molecule has 0 spiro atoms. The third kappa shape index (κ3) is 4.22. The summed E-state index contributed by atoms with van der Waals surface area (Å²) in [5.41, 5.74) is 1.79. The van der Waals surface area contributed by atoms with Crippen LogP contribution in [0, 0.1) is 5.92 Å². The monoisotopic (exact) mass is 440 g/mol. The minimum atomic E-state index is -0.123. The van der Waals surface area contributed by atoms with Gasteiger partial charge in [0.15, 0.2) is 0 Å². The van der Waals surface area contributed by atoms with Crippen LogP contribution in [0.4, 0.5) is 0 Å². The van der Waals surface area contributed by atoms with Crippen LogP contribution < -0.4 is 10.2 Å². The van der Waals surface area contributed by atoms with Gasteiger partial charge in [-0.3, -0.25) is 9.59 Å². The molecule has 4 aromatic rings. The number of likely N-dealkylation sites (tertiary alicyclic amines) is 1. The number of para-hydroxylation sites is 1. The summed E-state index contributed by atoms with van der Waals surface area (Å²) in [5, 5.41) is 1.02. The number of ether oxygens (including phenoxy) is 1. The molecule has 1 amide bonds. The Morgan fingerprint density at radius 1 is 1.18 bits per heavy atom. The van der Waals surface area contributed by atoms with E-state index in [1.807, 2.05) is 47.4 Å². The average Bonchev–Trinajstić information content (AvgIpc) is 2.85. The molecule has 166 valence electrons. The lowest BCUT2D eigenvalue weighted by Crippen LogP contribution is -2.39. The van der Waals surface area contributed by atoms with E-state index in [2.05, 4.69) is 21.5 Å². The minimum absolute atomic E-state index is 0.0537. The van der Waals surface area contributed by atoms with Gasteiger partial charge in [-0.1, -0.05) is 24.8 Å². The Morgan fingerprint density at radius 2 is 2.03 bits per heavy atom. The second-order valence-electron chi connectivity index (χ2n) is 8.32. The van der Waals surface area contributed by atoms with Crippen molar-refractivity contribution in [1.82, 2.24) is 19.9 Å². The second-order valence-corrected chi connectivity index (χ2v) is 8.32. The summed E-state index contributed by atoms with van der Waals surface area (Å²) in [5.74, 6) is 1.46. The fourth-order valence-corrected chi connectivity index (χ4v) is 4.52. The highest BCUT2D eigenvalue weighted by Crippen LogP contribution is 2.26. The topological polar surface area (TPSA) is 88.2 Å². The third-order valence-corrected chi connectivity index (χ3v) is 6.11. The quantitative estimate of drug-likeness (QED) is 0.371. The standard InChI is InChI=1S/C26H24N4O3/c1-2-23(31)30-12-6-7-17(15-30)13-22-24-25(32)20-14-19(33-18-8-4-3-5-9-18)10-11-21(20)29-26(24)28-16-27-22/h2-5,8-11,14,16-17H,1,6-7,12-13,15H2,(H,27,28,29,32)/t17-/m0/s1. The Kier molecular flexibility index (Phi) is 5.60. The molecule has 1 saturated heterocycles. The molecule has 0 aliphatic carbocycles. The average molecular weight is 441 g/mol. The zero-order chi connectivity index (χ0) is 22.8. The first-order valence-corrected chi connectivity index (χ1v) is 11.1. The van der Waals surface area contributed by atoms with Crippen LogP contribution in [0.2, 0.25) is 0 Å². The zero-order valence-corrected chi connectivity index (χ0v) is 18.2. The lowest BCUT2D eigenvalue weighted by molar-refractivity contribution is -0.127. The predicted molar refractivity (Wildman–Crippen MR) is 127 cm³/mol. The zero-order valence-electron chi connectivity index (χ0n) is 18.2. The van der Waals surface area contributed by atoms with Crippen molar-refractivity contribution >= 4 is 27.8 Å². The van der Waals surface area contributed by atoms with Gasteiger partial charge >= 0.3 is 0 Å². The molecule has 1 aliphatic heterocycles. The van der Waals surface area contributed by atoms with Gasteiger partial charge in [-0.15, -0.1) is 0 Å². The molecule has 1 aliphatic rings. The highest BCUT2D eigenvalue weighted by Gasteiger charge is 2.24. The summed E-state index contributed by atoms with van der Waals surface area (Å²) in [6.45, 7) is 4.97. The molecule has 7 nitrogen and oxygen atoms in total. The molecule has 0 bridgehead atoms. The van der Waals surface area contributed by atoms with Crippen LogP contribution in [0.1, 0.15) is 18.5 Å². The smallest absolute Gasteiger partial charge is 0.245 e. The van der Waals surface area contributed by atoms with Gasteiger partial charge in [-0.2, -0.15) is 0 Å². The molecule has 33 heavy (non-hydrogen) atoms. The van der Waals surface area contributed by atoms with Crippen LogP contribution in [0.5, 0.6) is 11.5 Å². The molecule has 1 N–H and O–H groups in total. The van der Waals surface area contributed by atoms with Crippen molar-refractivity contribution in [3.63, 3.8) is 0 Å². The van der Waals surface area contributed by atoms with E-state index < -0.39 is 0 Å². The van der Waals surface area contributed by atoms with Crippen molar-refractivity contribution in [2.45, 2.75) is 19.3 Å². The number of amides is 1. The van der Waals surface area contributed by atoms with E-state index in [1.54, 1.807) is 6.07 Å². The molecule has 2 aromatic heterocycles. The molecule has 0 unspecified atom stereocenters. The molecular weight excluding hydrogens is 416 g/mol. The number of piperidine rings is 1. The van der Waals surface area contributed by atoms with Gasteiger partial charge in [-0.05, 0) is 61.6 Å². The fourth-order valence-electron chi connectivity index (χ4n) is 4.52. The van der Waals surface area contributed by atoms with E-state index >= 15 is 0 Å². The van der Waals surface area contributed by atoms with Crippen LogP contribution in [0.15, 0.2) is 72.3 Å². The molecule has 0 radical (unpaired) electrons. The number of pyridine rings is 1. The maximum atomic E-state index is 13.5. The fraction of sp³-hybridized carbons (Fsp3) is 0.231. The van der Waals surface area contributed by atoms with Crippen molar-refractivity contribution in [2.24, 2.45) is 5.92 Å². The number of nitrogens with one attached hydrogen (secondary N) is 1. The molecular formula is C26H24N4O3. The van der Waals surface area contributed by atoms with Gasteiger partial charge < -0.3 is 14.6 Å². The highest BCUT2D eigenvalue weighted by molar-refractivity contribution is 5.92. The van der Waals surface area contributed by atoms with Gasteiger partial charge in [0.1, 0.15) is 23.5 Å². The van der Waals surface area contributed by atoms with Gasteiger partial charge in [0, 0.05) is 18.5 Å². The van der Waals surface area contributed by atoms with E-state index in [-0.39, 0.29) is 17.3 Å². The summed E-state index contributed by atoms with van der Waals surface area (Å²) in [6, 6.07) is 14.9. The van der Waals surface area contributed by atoms with Crippen molar-refractivity contribution in [3.8, 4) is 11.5 Å². The number of carbonyl (C=O) groups excluding carboxylic acids is 1. The number of benzene rings is 2. The number of aromatic nitrogens is 3. The molecule has 5 rings (SSSR count). The first-order valence-electron chi connectivity index (χ1n) is 11.1. The van der Waals surface area contributed by atoms with Gasteiger partial charge in [-0.25, -0.2) is 9.97 Å². The number of hydrogen-bond acceptors (Lipinski definition) is 5. The van der Waals surface area contributed by atoms with Crippen LogP contribution in [-0.2, 0) is 11.2 Å². The van der Waals surface area contributed by atoms with Crippen LogP contribution in [0.3, 0.4) is 0 Å². The number of hydrogen-bond donors (Lipinski definition) is 1. The SMILES string of the molecule is C=CC(=O)N1CCC[C@@H](Cc2ncnc3[nH]c4ccc(Oc5ccccc5)cc4c(=O)c23)C1. The largest absolute Gasteiger partial charge is 0.457 e. The molecule has 0 saturated carbocycles. The first kappa shape index (κ1) is 20.9. The molecule has 7 heteroatoms. The second kappa shape index (κ2) is 8.86. The van der Waals surface area contributed by atoms with Crippen molar-refractivity contribution in [1.29, 1.82) is 0 Å². The van der Waals surface area contributed by atoms with E-state index in [0.717, 1.165) is 19.4 Å². The van der Waals surface area contributed by atoms with Crippen LogP contribution in [-0.4, -0.2) is 38.8 Å². The van der Waals surface area contributed by atoms with Crippen molar-refractivity contribution in [3.05, 3.63) is 83.4 Å². The van der Waals surface area contributed by atoms with Gasteiger partial charge in [0.25, 0.3) is 0 Å². The van der Waals surface area contributed by atoms with Crippen molar-refractivity contribution in [2.75, 3.05) is 13.1 Å². The Morgan fingerprint density at radius 3 is 2.85 bits per heavy atom. The highest BCUT2D eigenvalue weighted by atomic mass is 16.5. The normalized spacial score (nSPS) is 16.1. The number of aromatic amines is 1. The molecule has 1 atom stereocenters. The van der Waals surface area contributed by atoms with E-state index in [0.29, 0.717) is 52.1 Å². The number of H-pyrrole nitrogens is 1. The molecule has 3 heterocycles. The summed E-state index contributed by atoms with van der Waals surface area (Å²) in [6.07, 6.45) is 5.35. The maximum Gasteiger partial charge on any atom is 0.245 e. The maximum absolute atomic E-state index is 13.5. The summed E-state index contributed by atoms with van der Waals surface area (Å²) >= 11 is 0. The number of rotatable bonds is 5. The van der Waals surface area contributed by atoms with Crippen molar-refractivity contribution < 1.29 is 9.53 Å².